The second kappa shape index (κ2) is 8.65. The summed E-state index contributed by atoms with van der Waals surface area (Å²) in [4.78, 5) is 12.4. The molecule has 0 aliphatic carbocycles. The lowest BCUT2D eigenvalue weighted by molar-refractivity contribution is 0.0992. The highest BCUT2D eigenvalue weighted by molar-refractivity contribution is 6.01. The van der Waals surface area contributed by atoms with Gasteiger partial charge in [-0.2, -0.15) is 5.10 Å². The molecule has 0 spiro atoms. The zero-order valence-corrected chi connectivity index (χ0v) is 16.3. The first-order valence-corrected chi connectivity index (χ1v) is 9.43. The van der Waals surface area contributed by atoms with Crippen LogP contribution in [0.5, 0.6) is 5.75 Å². The van der Waals surface area contributed by atoms with Gasteiger partial charge in [0.2, 0.25) is 0 Å². The third-order valence-electron chi connectivity index (χ3n) is 4.49. The molecule has 7 heteroatoms. The van der Waals surface area contributed by atoms with Crippen molar-refractivity contribution in [2.45, 2.75) is 20.1 Å². The number of anilines is 1. The zero-order valence-electron chi connectivity index (χ0n) is 16.3. The van der Waals surface area contributed by atoms with Gasteiger partial charge in [0.15, 0.2) is 11.6 Å². The Bertz CT molecular complexity index is 1150. The average Bonchev–Trinajstić information content (AvgIpc) is 3.39. The number of nitrogens with one attached hydrogen (secondary N) is 1. The highest BCUT2D eigenvalue weighted by Gasteiger charge is 2.13. The maximum atomic E-state index is 13.0. The number of carbonyl (C=O) groups is 1. The van der Waals surface area contributed by atoms with Gasteiger partial charge in [0.1, 0.15) is 23.9 Å². The standard InChI is InChI=1S/C23H20FN3O3/c1-16-4-2-3-5-20(16)29-15-19-10-11-21(30-19)23(28)25-22-12-13-27(26-22)14-17-6-8-18(24)9-7-17/h2-13H,14-15H2,1H3,(H,25,26,28). The van der Waals surface area contributed by atoms with Crippen LogP contribution in [0.4, 0.5) is 10.2 Å². The predicted octanol–water partition coefficient (Wildman–Crippen LogP) is 4.80. The van der Waals surface area contributed by atoms with Crippen molar-refractivity contribution in [1.82, 2.24) is 9.78 Å². The molecule has 0 fully saturated rings. The van der Waals surface area contributed by atoms with Crippen molar-refractivity contribution in [2.75, 3.05) is 5.32 Å². The van der Waals surface area contributed by atoms with Crippen LogP contribution in [0.25, 0.3) is 0 Å². The number of aromatic nitrogens is 2. The van der Waals surface area contributed by atoms with Crippen molar-refractivity contribution in [3.8, 4) is 5.75 Å². The van der Waals surface area contributed by atoms with E-state index < -0.39 is 5.91 Å². The third kappa shape index (κ3) is 4.75. The first kappa shape index (κ1) is 19.4. The number of ether oxygens (including phenoxy) is 1. The summed E-state index contributed by atoms with van der Waals surface area (Å²) in [6.45, 7) is 2.66. The number of hydrogen-bond donors (Lipinski definition) is 1. The van der Waals surface area contributed by atoms with E-state index in [0.717, 1.165) is 16.9 Å². The normalized spacial score (nSPS) is 10.7. The fourth-order valence-corrected chi connectivity index (χ4v) is 2.92. The van der Waals surface area contributed by atoms with Gasteiger partial charge < -0.3 is 14.5 Å². The minimum atomic E-state index is -0.399. The van der Waals surface area contributed by atoms with Gasteiger partial charge in [0.25, 0.3) is 5.91 Å². The van der Waals surface area contributed by atoms with E-state index in [1.165, 1.54) is 12.1 Å². The maximum absolute atomic E-state index is 13.0. The van der Waals surface area contributed by atoms with Crippen LogP contribution < -0.4 is 10.1 Å². The number of para-hydroxylation sites is 1. The average molecular weight is 405 g/mol. The van der Waals surface area contributed by atoms with Crippen LogP contribution in [0, 0.1) is 12.7 Å². The van der Waals surface area contributed by atoms with Crippen LogP contribution in [-0.4, -0.2) is 15.7 Å². The van der Waals surface area contributed by atoms with E-state index in [2.05, 4.69) is 10.4 Å². The van der Waals surface area contributed by atoms with Crippen LogP contribution in [-0.2, 0) is 13.2 Å². The zero-order chi connectivity index (χ0) is 20.9. The minimum absolute atomic E-state index is 0.173. The molecule has 2 aromatic heterocycles. The summed E-state index contributed by atoms with van der Waals surface area (Å²) in [5.74, 6) is 1.21. The molecule has 4 aromatic rings. The molecule has 6 nitrogen and oxygen atoms in total. The van der Waals surface area contributed by atoms with Gasteiger partial charge in [-0.1, -0.05) is 30.3 Å². The largest absolute Gasteiger partial charge is 0.485 e. The number of amides is 1. The first-order valence-electron chi connectivity index (χ1n) is 9.43. The van der Waals surface area contributed by atoms with E-state index in [-0.39, 0.29) is 18.2 Å². The second-order valence-electron chi connectivity index (χ2n) is 6.80. The van der Waals surface area contributed by atoms with E-state index in [0.29, 0.717) is 18.1 Å². The van der Waals surface area contributed by atoms with Crippen LogP contribution >= 0.6 is 0 Å². The van der Waals surface area contributed by atoms with Crippen molar-refractivity contribution in [3.63, 3.8) is 0 Å². The maximum Gasteiger partial charge on any atom is 0.292 e. The number of furan rings is 1. The monoisotopic (exact) mass is 405 g/mol. The lowest BCUT2D eigenvalue weighted by atomic mass is 10.2. The molecule has 0 radical (unpaired) electrons. The molecule has 4 rings (SSSR count). The van der Waals surface area contributed by atoms with Gasteiger partial charge in [0.05, 0.1) is 6.54 Å². The molecule has 0 atom stereocenters. The van der Waals surface area contributed by atoms with Crippen LogP contribution in [0.1, 0.15) is 27.4 Å². The third-order valence-corrected chi connectivity index (χ3v) is 4.49. The van der Waals surface area contributed by atoms with Gasteiger partial charge in [0, 0.05) is 12.3 Å². The van der Waals surface area contributed by atoms with Gasteiger partial charge in [-0.25, -0.2) is 4.39 Å². The Morgan fingerprint density at radius 2 is 1.90 bits per heavy atom. The summed E-state index contributed by atoms with van der Waals surface area (Å²) in [5.41, 5.74) is 1.93. The van der Waals surface area contributed by atoms with E-state index in [4.69, 9.17) is 9.15 Å². The molecule has 30 heavy (non-hydrogen) atoms. The molecule has 0 aliphatic rings. The Balaban J connectivity index is 1.34. The second-order valence-corrected chi connectivity index (χ2v) is 6.80. The topological polar surface area (TPSA) is 69.3 Å². The molecule has 0 bridgehead atoms. The molecule has 152 valence electrons. The number of carbonyl (C=O) groups excluding carboxylic acids is 1. The molecular formula is C23H20FN3O3. The fraction of sp³-hybridized carbons (Fsp3) is 0.130. The Morgan fingerprint density at radius 3 is 2.70 bits per heavy atom. The number of benzene rings is 2. The van der Waals surface area contributed by atoms with Crippen LogP contribution in [0.15, 0.2) is 77.3 Å². The van der Waals surface area contributed by atoms with Crippen molar-refractivity contribution in [1.29, 1.82) is 0 Å². The minimum Gasteiger partial charge on any atom is -0.485 e. The first-order chi connectivity index (χ1) is 14.6. The van der Waals surface area contributed by atoms with Gasteiger partial charge in [-0.15, -0.1) is 0 Å². The summed E-state index contributed by atoms with van der Waals surface area (Å²) in [6.07, 6.45) is 1.74. The summed E-state index contributed by atoms with van der Waals surface area (Å²) in [7, 11) is 0. The van der Waals surface area contributed by atoms with Crippen molar-refractivity contribution >= 4 is 11.7 Å². The lowest BCUT2D eigenvalue weighted by Crippen LogP contribution is -2.12. The highest BCUT2D eigenvalue weighted by Crippen LogP contribution is 2.19. The molecule has 1 N–H and O–H groups in total. The number of rotatable bonds is 7. The Labute approximate surface area is 172 Å². The van der Waals surface area contributed by atoms with Gasteiger partial charge in [-0.05, 0) is 48.4 Å². The van der Waals surface area contributed by atoms with Crippen LogP contribution in [0.2, 0.25) is 0 Å². The molecule has 0 unspecified atom stereocenters. The van der Waals surface area contributed by atoms with E-state index >= 15 is 0 Å². The lowest BCUT2D eigenvalue weighted by Gasteiger charge is -2.06. The molecule has 0 saturated carbocycles. The van der Waals surface area contributed by atoms with E-state index in [1.807, 2.05) is 31.2 Å². The van der Waals surface area contributed by atoms with Crippen molar-refractivity contribution in [3.05, 3.63) is 101 Å². The number of hydrogen-bond acceptors (Lipinski definition) is 4. The highest BCUT2D eigenvalue weighted by atomic mass is 19.1. The quantitative estimate of drug-likeness (QED) is 0.479. The van der Waals surface area contributed by atoms with Gasteiger partial charge in [-0.3, -0.25) is 9.48 Å². The predicted molar refractivity (Wildman–Crippen MR) is 110 cm³/mol. The van der Waals surface area contributed by atoms with Gasteiger partial charge >= 0.3 is 0 Å². The Morgan fingerprint density at radius 1 is 1.10 bits per heavy atom. The number of nitrogens with zero attached hydrogens (tertiary/aromatic N) is 2. The smallest absolute Gasteiger partial charge is 0.292 e. The van der Waals surface area contributed by atoms with Crippen LogP contribution in [0.3, 0.4) is 0 Å². The van der Waals surface area contributed by atoms with E-state index in [9.17, 15) is 9.18 Å². The molecule has 2 heterocycles. The summed E-state index contributed by atoms with van der Waals surface area (Å²) >= 11 is 0. The van der Waals surface area contributed by atoms with E-state index in [1.54, 1.807) is 41.2 Å². The Hall–Kier alpha value is -3.87. The molecule has 0 saturated heterocycles. The SMILES string of the molecule is Cc1ccccc1OCc1ccc(C(=O)Nc2ccn(Cc3ccc(F)cc3)n2)o1. The molecule has 1 amide bonds. The molecular weight excluding hydrogens is 385 g/mol. The number of aryl methyl sites for hydroxylation is 1. The summed E-state index contributed by atoms with van der Waals surface area (Å²) in [6, 6.07) is 18.9. The van der Waals surface area contributed by atoms with Crippen molar-refractivity contribution in [2.24, 2.45) is 0 Å². The summed E-state index contributed by atoms with van der Waals surface area (Å²) in [5, 5.41) is 7.01. The fourth-order valence-electron chi connectivity index (χ4n) is 2.92. The number of halogens is 1. The molecule has 0 aliphatic heterocycles. The van der Waals surface area contributed by atoms with Crippen molar-refractivity contribution < 1.29 is 18.3 Å². The summed E-state index contributed by atoms with van der Waals surface area (Å²) < 4.78 is 26.0. The Kier molecular flexibility index (Phi) is 5.61. The molecule has 2 aromatic carbocycles.